The van der Waals surface area contributed by atoms with Crippen molar-refractivity contribution in [3.8, 4) is 12.3 Å². The quantitative estimate of drug-likeness (QED) is 0.797. The molecular formula is C17H16N2O. The van der Waals surface area contributed by atoms with Crippen LogP contribution in [0.5, 0.6) is 0 Å². The lowest BCUT2D eigenvalue weighted by molar-refractivity contribution is -0.127. The second-order valence-corrected chi connectivity index (χ2v) is 5.14. The van der Waals surface area contributed by atoms with E-state index in [4.69, 9.17) is 6.42 Å². The molecule has 0 N–H and O–H groups in total. The van der Waals surface area contributed by atoms with Crippen molar-refractivity contribution in [1.29, 1.82) is 0 Å². The molecule has 1 aromatic carbocycles. The third kappa shape index (κ3) is 2.37. The highest BCUT2D eigenvalue weighted by molar-refractivity contribution is 5.82. The molecule has 1 fully saturated rings. The number of para-hydroxylation sites is 1. The van der Waals surface area contributed by atoms with E-state index in [9.17, 15) is 4.79 Å². The fourth-order valence-electron chi connectivity index (χ4n) is 2.73. The number of benzene rings is 1. The first-order chi connectivity index (χ1) is 9.78. The first-order valence-electron chi connectivity index (χ1n) is 6.84. The van der Waals surface area contributed by atoms with Crippen molar-refractivity contribution in [1.82, 2.24) is 9.88 Å². The van der Waals surface area contributed by atoms with Gasteiger partial charge in [-0.25, -0.2) is 0 Å². The van der Waals surface area contributed by atoms with E-state index in [1.54, 1.807) is 0 Å². The summed E-state index contributed by atoms with van der Waals surface area (Å²) in [7, 11) is 0. The SMILES string of the molecule is C#CC1CC(=O)N(CCc2ccnc3ccccc23)C1. The predicted octanol–water partition coefficient (Wildman–Crippen LogP) is 2.26. The Balaban J connectivity index is 1.75. The van der Waals surface area contributed by atoms with Gasteiger partial charge in [-0.05, 0) is 24.1 Å². The van der Waals surface area contributed by atoms with Crippen molar-refractivity contribution in [2.24, 2.45) is 5.92 Å². The molecule has 0 bridgehead atoms. The van der Waals surface area contributed by atoms with Gasteiger partial charge in [-0.3, -0.25) is 9.78 Å². The summed E-state index contributed by atoms with van der Waals surface area (Å²) < 4.78 is 0. The molecule has 1 saturated heterocycles. The van der Waals surface area contributed by atoms with Gasteiger partial charge in [-0.2, -0.15) is 0 Å². The summed E-state index contributed by atoms with van der Waals surface area (Å²) in [4.78, 5) is 18.1. The summed E-state index contributed by atoms with van der Waals surface area (Å²) in [5.74, 6) is 2.93. The van der Waals surface area contributed by atoms with Crippen molar-refractivity contribution < 1.29 is 4.79 Å². The number of rotatable bonds is 3. The van der Waals surface area contributed by atoms with Gasteiger partial charge in [0.15, 0.2) is 0 Å². The summed E-state index contributed by atoms with van der Waals surface area (Å²) >= 11 is 0. The number of carbonyl (C=O) groups excluding carboxylic acids is 1. The maximum absolute atomic E-state index is 11.8. The molecule has 1 amide bonds. The zero-order chi connectivity index (χ0) is 13.9. The second-order valence-electron chi connectivity index (χ2n) is 5.14. The molecule has 1 aromatic heterocycles. The smallest absolute Gasteiger partial charge is 0.223 e. The van der Waals surface area contributed by atoms with Crippen LogP contribution in [-0.4, -0.2) is 28.9 Å². The van der Waals surface area contributed by atoms with E-state index in [0.29, 0.717) is 13.0 Å². The molecule has 1 unspecified atom stereocenters. The topological polar surface area (TPSA) is 33.2 Å². The number of terminal acetylenes is 1. The van der Waals surface area contributed by atoms with Crippen molar-refractivity contribution in [3.63, 3.8) is 0 Å². The highest BCUT2D eigenvalue weighted by atomic mass is 16.2. The van der Waals surface area contributed by atoms with Gasteiger partial charge in [0.2, 0.25) is 5.91 Å². The highest BCUT2D eigenvalue weighted by Crippen LogP contribution is 2.20. The second kappa shape index (κ2) is 5.34. The van der Waals surface area contributed by atoms with Crippen molar-refractivity contribution in [2.75, 3.05) is 13.1 Å². The monoisotopic (exact) mass is 264 g/mol. The Bertz CT molecular complexity index is 681. The number of hydrogen-bond acceptors (Lipinski definition) is 2. The van der Waals surface area contributed by atoms with Crippen LogP contribution in [-0.2, 0) is 11.2 Å². The third-order valence-electron chi connectivity index (χ3n) is 3.84. The lowest BCUT2D eigenvalue weighted by Crippen LogP contribution is -2.27. The highest BCUT2D eigenvalue weighted by Gasteiger charge is 2.27. The molecule has 3 rings (SSSR count). The summed E-state index contributed by atoms with van der Waals surface area (Å²) in [6, 6.07) is 10.1. The first-order valence-corrected chi connectivity index (χ1v) is 6.84. The Morgan fingerprint density at radius 3 is 3.00 bits per heavy atom. The molecular weight excluding hydrogens is 248 g/mol. The van der Waals surface area contributed by atoms with E-state index < -0.39 is 0 Å². The molecule has 0 saturated carbocycles. The van der Waals surface area contributed by atoms with Crippen molar-refractivity contribution in [3.05, 3.63) is 42.1 Å². The summed E-state index contributed by atoms with van der Waals surface area (Å²) in [5, 5.41) is 1.16. The van der Waals surface area contributed by atoms with Crippen LogP contribution in [0.4, 0.5) is 0 Å². The largest absolute Gasteiger partial charge is 0.341 e. The Kier molecular flexibility index (Phi) is 3.39. The Hall–Kier alpha value is -2.34. The van der Waals surface area contributed by atoms with Gasteiger partial charge in [0, 0.05) is 37.0 Å². The molecule has 0 radical (unpaired) electrons. The van der Waals surface area contributed by atoms with Gasteiger partial charge in [0.25, 0.3) is 0 Å². The van der Waals surface area contributed by atoms with E-state index >= 15 is 0 Å². The zero-order valence-corrected chi connectivity index (χ0v) is 11.2. The summed E-state index contributed by atoms with van der Waals surface area (Å²) in [6.45, 7) is 1.42. The normalized spacial score (nSPS) is 18.4. The van der Waals surface area contributed by atoms with E-state index in [0.717, 1.165) is 23.9 Å². The van der Waals surface area contributed by atoms with Gasteiger partial charge in [-0.1, -0.05) is 18.2 Å². The number of hydrogen-bond donors (Lipinski definition) is 0. The molecule has 0 aliphatic carbocycles. The first kappa shape index (κ1) is 12.7. The lowest BCUT2D eigenvalue weighted by atomic mass is 10.1. The van der Waals surface area contributed by atoms with Crippen LogP contribution in [0.15, 0.2) is 36.5 Å². The standard InChI is InChI=1S/C17H16N2O/c1-2-13-11-17(20)19(12-13)10-8-14-7-9-18-16-6-4-3-5-15(14)16/h1,3-7,9,13H,8,10-12H2. The minimum atomic E-state index is 0.0803. The van der Waals surface area contributed by atoms with Crippen molar-refractivity contribution in [2.45, 2.75) is 12.8 Å². The van der Waals surface area contributed by atoms with Crippen molar-refractivity contribution >= 4 is 16.8 Å². The molecule has 1 aliphatic rings. The zero-order valence-electron chi connectivity index (χ0n) is 11.2. The molecule has 2 aromatic rings. The molecule has 100 valence electrons. The molecule has 1 atom stereocenters. The van der Waals surface area contributed by atoms with Crippen LogP contribution in [0, 0.1) is 18.3 Å². The maximum atomic E-state index is 11.8. The minimum Gasteiger partial charge on any atom is -0.341 e. The Labute approximate surface area is 118 Å². The minimum absolute atomic E-state index is 0.0803. The third-order valence-corrected chi connectivity index (χ3v) is 3.84. The molecule has 2 heterocycles. The lowest BCUT2D eigenvalue weighted by Gasteiger charge is -2.16. The average Bonchev–Trinajstić information content (AvgIpc) is 2.85. The number of aromatic nitrogens is 1. The maximum Gasteiger partial charge on any atom is 0.223 e. The van der Waals surface area contributed by atoms with E-state index in [1.165, 1.54) is 5.56 Å². The van der Waals surface area contributed by atoms with Crippen LogP contribution < -0.4 is 0 Å². The van der Waals surface area contributed by atoms with Gasteiger partial charge in [-0.15, -0.1) is 12.3 Å². The van der Waals surface area contributed by atoms with Crippen LogP contribution in [0.3, 0.4) is 0 Å². The predicted molar refractivity (Wildman–Crippen MR) is 79.0 cm³/mol. The van der Waals surface area contributed by atoms with Crippen LogP contribution >= 0.6 is 0 Å². The number of nitrogens with zero attached hydrogens (tertiary/aromatic N) is 2. The molecule has 20 heavy (non-hydrogen) atoms. The van der Waals surface area contributed by atoms with Crippen LogP contribution in [0.25, 0.3) is 10.9 Å². The van der Waals surface area contributed by atoms with Gasteiger partial charge >= 0.3 is 0 Å². The van der Waals surface area contributed by atoms with Crippen LogP contribution in [0.2, 0.25) is 0 Å². The van der Waals surface area contributed by atoms with E-state index in [-0.39, 0.29) is 11.8 Å². The molecule has 0 spiro atoms. The summed E-state index contributed by atoms with van der Waals surface area (Å²) in [6.07, 6.45) is 8.56. The number of likely N-dealkylation sites (tertiary alicyclic amines) is 1. The average molecular weight is 264 g/mol. The molecule has 1 aliphatic heterocycles. The molecule has 3 nitrogen and oxygen atoms in total. The summed E-state index contributed by atoms with van der Waals surface area (Å²) in [5.41, 5.74) is 2.23. The van der Waals surface area contributed by atoms with E-state index in [1.807, 2.05) is 35.4 Å². The number of amides is 1. The van der Waals surface area contributed by atoms with Gasteiger partial charge in [0.1, 0.15) is 0 Å². The molecule has 3 heteroatoms. The van der Waals surface area contributed by atoms with Gasteiger partial charge < -0.3 is 4.90 Å². The number of carbonyl (C=O) groups is 1. The van der Waals surface area contributed by atoms with Gasteiger partial charge in [0.05, 0.1) is 5.52 Å². The van der Waals surface area contributed by atoms with Crippen LogP contribution in [0.1, 0.15) is 12.0 Å². The fraction of sp³-hybridized carbons (Fsp3) is 0.294. The number of fused-ring (bicyclic) bond motifs is 1. The Morgan fingerprint density at radius 2 is 2.20 bits per heavy atom. The Morgan fingerprint density at radius 1 is 1.35 bits per heavy atom. The fourth-order valence-corrected chi connectivity index (χ4v) is 2.73. The number of pyridine rings is 1. The van der Waals surface area contributed by atoms with E-state index in [2.05, 4.69) is 17.0 Å².